The van der Waals surface area contributed by atoms with Crippen LogP contribution in [0.2, 0.25) is 5.02 Å². The Morgan fingerprint density at radius 3 is 2.36 bits per heavy atom. The molecule has 7 heteroatoms. The van der Waals surface area contributed by atoms with Gasteiger partial charge >= 0.3 is 0 Å². The molecule has 0 saturated carbocycles. The Morgan fingerprint density at radius 2 is 1.72 bits per heavy atom. The summed E-state index contributed by atoms with van der Waals surface area (Å²) in [6.07, 6.45) is 4.36. The molecule has 1 aromatic rings. The summed E-state index contributed by atoms with van der Waals surface area (Å²) in [5.74, 6) is 0.432. The summed E-state index contributed by atoms with van der Waals surface area (Å²) < 4.78 is 32.8. The third kappa shape index (κ3) is 5.93. The molecular formula is C18H27ClN2O3S. The zero-order chi connectivity index (χ0) is 17.7. The molecule has 0 amide bonds. The van der Waals surface area contributed by atoms with Crippen LogP contribution in [0.3, 0.4) is 0 Å². The lowest BCUT2D eigenvalue weighted by molar-refractivity contribution is 0.0214. The van der Waals surface area contributed by atoms with Crippen LogP contribution in [-0.2, 0) is 20.5 Å². The summed E-state index contributed by atoms with van der Waals surface area (Å²) in [7, 11) is -3.30. The Morgan fingerprint density at radius 1 is 1.08 bits per heavy atom. The van der Waals surface area contributed by atoms with Crippen molar-refractivity contribution in [1.29, 1.82) is 0 Å². The number of benzene rings is 1. The molecule has 1 aromatic carbocycles. The maximum atomic E-state index is 12.3. The number of sulfonamides is 1. The number of likely N-dealkylation sites (tertiary alicyclic amines) is 1. The Balaban J connectivity index is 1.42. The lowest BCUT2D eigenvalue weighted by Crippen LogP contribution is -2.45. The van der Waals surface area contributed by atoms with Crippen LogP contribution in [0.4, 0.5) is 0 Å². The van der Waals surface area contributed by atoms with Gasteiger partial charge in [0.2, 0.25) is 10.0 Å². The third-order valence-electron chi connectivity index (χ3n) is 5.22. The van der Waals surface area contributed by atoms with E-state index in [-0.39, 0.29) is 5.75 Å². The van der Waals surface area contributed by atoms with Crippen LogP contribution in [0, 0.1) is 5.92 Å². The predicted molar refractivity (Wildman–Crippen MR) is 100 cm³/mol. The van der Waals surface area contributed by atoms with Gasteiger partial charge in [-0.2, -0.15) is 0 Å². The van der Waals surface area contributed by atoms with Crippen LogP contribution < -0.4 is 4.72 Å². The van der Waals surface area contributed by atoms with Gasteiger partial charge in [0.1, 0.15) is 0 Å². The van der Waals surface area contributed by atoms with E-state index < -0.39 is 10.0 Å². The van der Waals surface area contributed by atoms with Crippen LogP contribution in [-0.4, -0.2) is 52.2 Å². The van der Waals surface area contributed by atoms with Gasteiger partial charge in [0.25, 0.3) is 0 Å². The molecule has 25 heavy (non-hydrogen) atoms. The number of piperidine rings is 1. The van der Waals surface area contributed by atoms with E-state index in [0.29, 0.717) is 23.5 Å². The summed E-state index contributed by atoms with van der Waals surface area (Å²) in [5.41, 5.74) is 0.756. The molecule has 3 rings (SSSR count). The van der Waals surface area contributed by atoms with E-state index in [1.807, 2.05) is 0 Å². The molecule has 2 fully saturated rings. The highest BCUT2D eigenvalue weighted by atomic mass is 35.5. The Bertz CT molecular complexity index is 637. The molecular weight excluding hydrogens is 360 g/mol. The predicted octanol–water partition coefficient (Wildman–Crippen LogP) is 2.65. The largest absolute Gasteiger partial charge is 0.381 e. The van der Waals surface area contributed by atoms with Crippen molar-refractivity contribution < 1.29 is 13.2 Å². The second-order valence-electron chi connectivity index (χ2n) is 7.06. The topological polar surface area (TPSA) is 58.6 Å². The van der Waals surface area contributed by atoms with Crippen molar-refractivity contribution in [3.8, 4) is 0 Å². The van der Waals surface area contributed by atoms with Crippen molar-refractivity contribution in [2.75, 3.05) is 32.8 Å². The highest BCUT2D eigenvalue weighted by Crippen LogP contribution is 2.23. The minimum Gasteiger partial charge on any atom is -0.381 e. The zero-order valence-corrected chi connectivity index (χ0v) is 16.1. The average molecular weight is 387 g/mol. The van der Waals surface area contributed by atoms with Gasteiger partial charge in [0.05, 0.1) is 5.75 Å². The number of nitrogens with zero attached hydrogens (tertiary/aromatic N) is 1. The number of nitrogens with one attached hydrogen (secondary N) is 1. The van der Waals surface area contributed by atoms with Crippen LogP contribution in [0.15, 0.2) is 24.3 Å². The molecule has 1 N–H and O–H groups in total. The van der Waals surface area contributed by atoms with Crippen molar-refractivity contribution in [2.45, 2.75) is 37.5 Å². The van der Waals surface area contributed by atoms with Crippen molar-refractivity contribution in [3.63, 3.8) is 0 Å². The molecule has 0 radical (unpaired) electrons. The highest BCUT2D eigenvalue weighted by Gasteiger charge is 2.27. The van der Waals surface area contributed by atoms with Gasteiger partial charge in [-0.3, -0.25) is 0 Å². The maximum absolute atomic E-state index is 12.3. The van der Waals surface area contributed by atoms with E-state index in [2.05, 4.69) is 9.62 Å². The van der Waals surface area contributed by atoms with Crippen molar-refractivity contribution in [2.24, 2.45) is 5.92 Å². The summed E-state index contributed by atoms with van der Waals surface area (Å²) in [6, 6.07) is 7.61. The fourth-order valence-corrected chi connectivity index (χ4v) is 5.02. The SMILES string of the molecule is O=S(=O)(Cc1ccc(Cl)cc1)NCC1CCN(C2CCOCC2)CC1. The molecule has 0 atom stereocenters. The van der Waals surface area contributed by atoms with Gasteiger partial charge in [-0.15, -0.1) is 0 Å². The molecule has 0 aliphatic carbocycles. The first kappa shape index (κ1) is 19.1. The van der Waals surface area contributed by atoms with E-state index in [0.717, 1.165) is 57.6 Å². The molecule has 2 aliphatic heterocycles. The maximum Gasteiger partial charge on any atom is 0.215 e. The highest BCUT2D eigenvalue weighted by molar-refractivity contribution is 7.88. The minimum absolute atomic E-state index is 0.00505. The van der Waals surface area contributed by atoms with Crippen LogP contribution in [0.25, 0.3) is 0 Å². The molecule has 0 aromatic heterocycles. The first-order valence-corrected chi connectivity index (χ1v) is 11.1. The number of halogens is 1. The van der Waals surface area contributed by atoms with Crippen LogP contribution in [0.5, 0.6) is 0 Å². The number of rotatable bonds is 6. The van der Waals surface area contributed by atoms with Gasteiger partial charge in [-0.1, -0.05) is 23.7 Å². The smallest absolute Gasteiger partial charge is 0.215 e. The van der Waals surface area contributed by atoms with Gasteiger partial charge < -0.3 is 9.64 Å². The quantitative estimate of drug-likeness (QED) is 0.816. The molecule has 0 spiro atoms. The Hall–Kier alpha value is -0.660. The van der Waals surface area contributed by atoms with Gasteiger partial charge in [0, 0.05) is 30.8 Å². The monoisotopic (exact) mass is 386 g/mol. The lowest BCUT2D eigenvalue weighted by atomic mass is 9.94. The number of ether oxygens (including phenoxy) is 1. The summed E-state index contributed by atoms with van der Waals surface area (Å²) in [6.45, 7) is 4.41. The molecule has 140 valence electrons. The second kappa shape index (κ2) is 8.82. The van der Waals surface area contributed by atoms with Crippen molar-refractivity contribution in [3.05, 3.63) is 34.9 Å². The fraction of sp³-hybridized carbons (Fsp3) is 0.667. The standard InChI is InChI=1S/C18H27ClN2O3S/c19-17-3-1-16(2-4-17)14-25(22,23)20-13-15-5-9-21(10-6-15)18-7-11-24-12-8-18/h1-4,15,18,20H,5-14H2. The average Bonchev–Trinajstić information content (AvgIpc) is 2.63. The van der Waals surface area contributed by atoms with Gasteiger partial charge in [-0.25, -0.2) is 13.1 Å². The van der Waals surface area contributed by atoms with Gasteiger partial charge in [-0.05, 0) is 62.4 Å². The lowest BCUT2D eigenvalue weighted by Gasteiger charge is -2.39. The molecule has 2 heterocycles. The normalized spacial score (nSPS) is 21.5. The fourth-order valence-electron chi connectivity index (χ4n) is 3.67. The van der Waals surface area contributed by atoms with E-state index in [9.17, 15) is 8.42 Å². The van der Waals surface area contributed by atoms with Crippen molar-refractivity contribution >= 4 is 21.6 Å². The van der Waals surface area contributed by atoms with Gasteiger partial charge in [0.15, 0.2) is 0 Å². The van der Waals surface area contributed by atoms with Crippen LogP contribution >= 0.6 is 11.6 Å². The van der Waals surface area contributed by atoms with E-state index in [4.69, 9.17) is 16.3 Å². The molecule has 0 bridgehead atoms. The summed E-state index contributed by atoms with van der Waals surface area (Å²) in [4.78, 5) is 2.56. The first-order chi connectivity index (χ1) is 12.0. The van der Waals surface area contributed by atoms with E-state index >= 15 is 0 Å². The van der Waals surface area contributed by atoms with Crippen molar-refractivity contribution in [1.82, 2.24) is 9.62 Å². The molecule has 2 aliphatic rings. The molecule has 2 saturated heterocycles. The minimum atomic E-state index is -3.30. The first-order valence-electron chi connectivity index (χ1n) is 9.05. The van der Waals surface area contributed by atoms with Crippen LogP contribution in [0.1, 0.15) is 31.2 Å². The zero-order valence-electron chi connectivity index (χ0n) is 14.5. The third-order valence-corrected chi connectivity index (χ3v) is 6.79. The molecule has 0 unspecified atom stereocenters. The second-order valence-corrected chi connectivity index (χ2v) is 9.30. The summed E-state index contributed by atoms with van der Waals surface area (Å²) >= 11 is 5.84. The Kier molecular flexibility index (Phi) is 6.74. The molecule has 5 nitrogen and oxygen atoms in total. The van der Waals surface area contributed by atoms with E-state index in [1.54, 1.807) is 24.3 Å². The Labute approximate surface area is 155 Å². The number of hydrogen-bond donors (Lipinski definition) is 1. The van der Waals surface area contributed by atoms with E-state index in [1.165, 1.54) is 0 Å². The number of hydrogen-bond acceptors (Lipinski definition) is 4. The summed E-state index contributed by atoms with van der Waals surface area (Å²) in [5, 5.41) is 0.616.